The predicted octanol–water partition coefficient (Wildman–Crippen LogP) is 3.83. The van der Waals surface area contributed by atoms with Gasteiger partial charge in [-0.05, 0) is 45.2 Å². The Morgan fingerprint density at radius 2 is 1.95 bits per heavy atom. The summed E-state index contributed by atoms with van der Waals surface area (Å²) in [6, 6.07) is 5.36. The molecule has 0 amide bonds. The lowest BCUT2D eigenvalue weighted by Crippen LogP contribution is -2.40. The molecule has 3 nitrogen and oxygen atoms in total. The molecule has 0 atom stereocenters. The SMILES string of the molecule is CC(C)N(CCNc1nccc2sccc12)C(C)C. The molecule has 4 heteroatoms. The normalized spacial score (nSPS) is 11.9. The van der Waals surface area contributed by atoms with Crippen molar-refractivity contribution in [1.82, 2.24) is 9.88 Å². The van der Waals surface area contributed by atoms with Crippen molar-refractivity contribution >= 4 is 27.2 Å². The van der Waals surface area contributed by atoms with Gasteiger partial charge in [-0.3, -0.25) is 4.90 Å². The fourth-order valence-electron chi connectivity index (χ4n) is 2.45. The number of aromatic nitrogens is 1. The number of anilines is 1. The van der Waals surface area contributed by atoms with Gasteiger partial charge in [-0.15, -0.1) is 11.3 Å². The standard InChI is InChI=1S/C15H23N3S/c1-11(2)18(12(3)4)9-8-17-15-13-6-10-19-14(13)5-7-16-15/h5-7,10-12H,8-9H2,1-4H3,(H,16,17). The van der Waals surface area contributed by atoms with Crippen LogP contribution >= 0.6 is 11.3 Å². The van der Waals surface area contributed by atoms with Gasteiger partial charge in [0.15, 0.2) is 0 Å². The minimum atomic E-state index is 0.576. The maximum Gasteiger partial charge on any atom is 0.134 e. The Bertz CT molecular complexity index is 511. The summed E-state index contributed by atoms with van der Waals surface area (Å²) >= 11 is 1.76. The van der Waals surface area contributed by atoms with Crippen molar-refractivity contribution in [3.8, 4) is 0 Å². The highest BCUT2D eigenvalue weighted by molar-refractivity contribution is 7.17. The van der Waals surface area contributed by atoms with E-state index in [0.29, 0.717) is 12.1 Å². The zero-order chi connectivity index (χ0) is 13.8. The van der Waals surface area contributed by atoms with Crippen molar-refractivity contribution in [1.29, 1.82) is 0 Å². The van der Waals surface area contributed by atoms with Crippen LogP contribution in [0.4, 0.5) is 5.82 Å². The molecule has 0 aliphatic rings. The summed E-state index contributed by atoms with van der Waals surface area (Å²) < 4.78 is 1.29. The van der Waals surface area contributed by atoms with Crippen LogP contribution in [0.1, 0.15) is 27.7 Å². The minimum absolute atomic E-state index is 0.576. The van der Waals surface area contributed by atoms with Gasteiger partial charge in [-0.2, -0.15) is 0 Å². The van der Waals surface area contributed by atoms with Crippen LogP contribution < -0.4 is 5.32 Å². The Morgan fingerprint density at radius 3 is 2.63 bits per heavy atom. The minimum Gasteiger partial charge on any atom is -0.368 e. The number of rotatable bonds is 6. The van der Waals surface area contributed by atoms with Gasteiger partial charge in [0.2, 0.25) is 0 Å². The summed E-state index contributed by atoms with van der Waals surface area (Å²) in [7, 11) is 0. The highest BCUT2D eigenvalue weighted by Gasteiger charge is 2.12. The first-order chi connectivity index (χ1) is 9.09. The van der Waals surface area contributed by atoms with Crippen molar-refractivity contribution in [2.45, 2.75) is 39.8 Å². The second-order valence-corrected chi connectivity index (χ2v) is 6.29. The average molecular weight is 277 g/mol. The third-order valence-electron chi connectivity index (χ3n) is 3.37. The number of nitrogens with zero attached hydrogens (tertiary/aromatic N) is 2. The molecule has 0 radical (unpaired) electrons. The quantitative estimate of drug-likeness (QED) is 0.870. The molecule has 0 aliphatic heterocycles. The van der Waals surface area contributed by atoms with E-state index in [2.05, 4.69) is 60.4 Å². The lowest BCUT2D eigenvalue weighted by molar-refractivity contribution is 0.182. The Hall–Kier alpha value is -1.13. The van der Waals surface area contributed by atoms with Crippen molar-refractivity contribution in [2.75, 3.05) is 18.4 Å². The van der Waals surface area contributed by atoms with E-state index in [9.17, 15) is 0 Å². The Kier molecular flexibility index (Phi) is 4.77. The molecule has 0 saturated heterocycles. The summed E-state index contributed by atoms with van der Waals surface area (Å²) in [5.41, 5.74) is 0. The van der Waals surface area contributed by atoms with Crippen LogP contribution in [-0.4, -0.2) is 35.1 Å². The van der Waals surface area contributed by atoms with Gasteiger partial charge in [0.1, 0.15) is 5.82 Å². The second kappa shape index (κ2) is 6.35. The van der Waals surface area contributed by atoms with E-state index >= 15 is 0 Å². The molecule has 19 heavy (non-hydrogen) atoms. The molecular formula is C15H23N3S. The van der Waals surface area contributed by atoms with E-state index < -0.39 is 0 Å². The number of hydrogen-bond donors (Lipinski definition) is 1. The second-order valence-electron chi connectivity index (χ2n) is 5.34. The molecule has 0 aliphatic carbocycles. The third kappa shape index (κ3) is 3.45. The van der Waals surface area contributed by atoms with E-state index in [1.807, 2.05) is 6.20 Å². The molecule has 0 unspecified atom stereocenters. The molecule has 0 spiro atoms. The van der Waals surface area contributed by atoms with Crippen LogP contribution in [-0.2, 0) is 0 Å². The van der Waals surface area contributed by atoms with Crippen LogP contribution in [0, 0.1) is 0 Å². The monoisotopic (exact) mass is 277 g/mol. The van der Waals surface area contributed by atoms with E-state index in [1.54, 1.807) is 11.3 Å². The van der Waals surface area contributed by atoms with Crippen molar-refractivity contribution in [2.24, 2.45) is 0 Å². The Balaban J connectivity index is 1.97. The number of thiophene rings is 1. The zero-order valence-corrected chi connectivity index (χ0v) is 13.0. The fourth-order valence-corrected chi connectivity index (χ4v) is 3.23. The van der Waals surface area contributed by atoms with Gasteiger partial charge in [0, 0.05) is 41.5 Å². The molecule has 2 heterocycles. The highest BCUT2D eigenvalue weighted by Crippen LogP contribution is 2.25. The Morgan fingerprint density at radius 1 is 1.21 bits per heavy atom. The van der Waals surface area contributed by atoms with Gasteiger partial charge < -0.3 is 5.32 Å². The summed E-state index contributed by atoms with van der Waals surface area (Å²) in [5.74, 6) is 1.01. The number of nitrogens with one attached hydrogen (secondary N) is 1. The molecule has 104 valence electrons. The van der Waals surface area contributed by atoms with E-state index in [0.717, 1.165) is 18.9 Å². The smallest absolute Gasteiger partial charge is 0.134 e. The maximum absolute atomic E-state index is 4.44. The highest BCUT2D eigenvalue weighted by atomic mass is 32.1. The molecule has 2 rings (SSSR count). The summed E-state index contributed by atoms with van der Waals surface area (Å²) in [5, 5.41) is 6.81. The molecule has 2 aromatic heterocycles. The van der Waals surface area contributed by atoms with Crippen molar-refractivity contribution < 1.29 is 0 Å². The summed E-state index contributed by atoms with van der Waals surface area (Å²) in [6.07, 6.45) is 1.88. The van der Waals surface area contributed by atoms with Gasteiger partial charge in [0.25, 0.3) is 0 Å². The third-order valence-corrected chi connectivity index (χ3v) is 4.25. The largest absolute Gasteiger partial charge is 0.368 e. The first-order valence-corrected chi connectivity index (χ1v) is 7.79. The van der Waals surface area contributed by atoms with Crippen LogP contribution in [0.3, 0.4) is 0 Å². The first kappa shape index (κ1) is 14.3. The number of hydrogen-bond acceptors (Lipinski definition) is 4. The van der Waals surface area contributed by atoms with E-state index in [-0.39, 0.29) is 0 Å². The fraction of sp³-hybridized carbons (Fsp3) is 0.533. The lowest BCUT2D eigenvalue weighted by atomic mass is 10.2. The van der Waals surface area contributed by atoms with Crippen LogP contribution in [0.25, 0.3) is 10.1 Å². The molecule has 0 fully saturated rings. The zero-order valence-electron chi connectivity index (χ0n) is 12.2. The topological polar surface area (TPSA) is 28.2 Å². The Labute approximate surface area is 119 Å². The van der Waals surface area contributed by atoms with Crippen LogP contribution in [0.2, 0.25) is 0 Å². The van der Waals surface area contributed by atoms with Gasteiger partial charge in [-0.25, -0.2) is 4.98 Å². The van der Waals surface area contributed by atoms with Crippen molar-refractivity contribution in [3.63, 3.8) is 0 Å². The molecule has 1 N–H and O–H groups in total. The van der Waals surface area contributed by atoms with Crippen LogP contribution in [0.15, 0.2) is 23.7 Å². The maximum atomic E-state index is 4.44. The molecule has 0 saturated carbocycles. The molecule has 0 aromatic carbocycles. The molecule has 2 aromatic rings. The van der Waals surface area contributed by atoms with Crippen molar-refractivity contribution in [3.05, 3.63) is 23.7 Å². The first-order valence-electron chi connectivity index (χ1n) is 6.91. The molecular weight excluding hydrogens is 254 g/mol. The predicted molar refractivity (Wildman–Crippen MR) is 85.1 cm³/mol. The van der Waals surface area contributed by atoms with E-state index in [4.69, 9.17) is 0 Å². The lowest BCUT2D eigenvalue weighted by Gasteiger charge is -2.30. The molecule has 0 bridgehead atoms. The van der Waals surface area contributed by atoms with Gasteiger partial charge >= 0.3 is 0 Å². The average Bonchev–Trinajstić information content (AvgIpc) is 2.82. The summed E-state index contributed by atoms with van der Waals surface area (Å²) in [6.45, 7) is 11.0. The number of fused-ring (bicyclic) bond motifs is 1. The van der Waals surface area contributed by atoms with Crippen LogP contribution in [0.5, 0.6) is 0 Å². The van der Waals surface area contributed by atoms with Gasteiger partial charge in [0.05, 0.1) is 0 Å². The van der Waals surface area contributed by atoms with E-state index in [1.165, 1.54) is 10.1 Å². The van der Waals surface area contributed by atoms with Gasteiger partial charge in [-0.1, -0.05) is 0 Å². The summed E-state index contributed by atoms with van der Waals surface area (Å²) in [4.78, 5) is 6.93. The number of pyridine rings is 1.